The highest BCUT2D eigenvalue weighted by molar-refractivity contribution is 7.13. The summed E-state index contributed by atoms with van der Waals surface area (Å²) in [7, 11) is 0. The summed E-state index contributed by atoms with van der Waals surface area (Å²) in [5, 5.41) is 9.37. The smallest absolute Gasteiger partial charge is 0.331 e. The van der Waals surface area contributed by atoms with Crippen molar-refractivity contribution in [3.05, 3.63) is 94.7 Å². The number of carbonyl (C=O) groups excluding carboxylic acids is 2. The van der Waals surface area contributed by atoms with Gasteiger partial charge in [-0.25, -0.2) is 9.78 Å². The highest BCUT2D eigenvalue weighted by atomic mass is 35.5. The van der Waals surface area contributed by atoms with Crippen molar-refractivity contribution in [1.29, 1.82) is 0 Å². The van der Waals surface area contributed by atoms with Gasteiger partial charge in [0.25, 0.3) is 5.91 Å². The van der Waals surface area contributed by atoms with Crippen LogP contribution < -0.4 is 5.32 Å². The number of nitrogens with one attached hydrogen (secondary N) is 1. The van der Waals surface area contributed by atoms with Gasteiger partial charge in [-0.05, 0) is 35.2 Å². The minimum atomic E-state index is -0.643. The van der Waals surface area contributed by atoms with Crippen molar-refractivity contribution in [2.45, 2.75) is 6.54 Å². The predicted molar refractivity (Wildman–Crippen MR) is 129 cm³/mol. The molecular weight excluding hydrogens is 460 g/mol. The third-order valence-electron chi connectivity index (χ3n) is 4.51. The van der Waals surface area contributed by atoms with Crippen LogP contribution in [0.1, 0.15) is 11.1 Å². The molecule has 3 heterocycles. The first-order valence-corrected chi connectivity index (χ1v) is 11.2. The zero-order chi connectivity index (χ0) is 23.0. The average molecular weight is 479 g/mol. The van der Waals surface area contributed by atoms with Crippen LogP contribution in [0.5, 0.6) is 0 Å². The van der Waals surface area contributed by atoms with Crippen molar-refractivity contribution in [1.82, 2.24) is 14.8 Å². The molecule has 0 bridgehead atoms. The Morgan fingerprint density at radius 3 is 2.73 bits per heavy atom. The second-order valence-electron chi connectivity index (χ2n) is 6.92. The molecule has 0 aliphatic heterocycles. The lowest BCUT2D eigenvalue weighted by atomic mass is 10.2. The zero-order valence-corrected chi connectivity index (χ0v) is 18.9. The van der Waals surface area contributed by atoms with Crippen molar-refractivity contribution in [3.63, 3.8) is 0 Å². The van der Waals surface area contributed by atoms with Gasteiger partial charge in [0.2, 0.25) is 0 Å². The van der Waals surface area contributed by atoms with E-state index < -0.39 is 18.5 Å². The molecule has 1 N–H and O–H groups in total. The van der Waals surface area contributed by atoms with Crippen LogP contribution in [0.2, 0.25) is 5.15 Å². The lowest BCUT2D eigenvalue weighted by Gasteiger charge is -2.06. The minimum Gasteiger partial charge on any atom is -0.452 e. The van der Waals surface area contributed by atoms with Crippen LogP contribution in [0.25, 0.3) is 16.6 Å². The van der Waals surface area contributed by atoms with Gasteiger partial charge in [-0.3, -0.25) is 9.48 Å². The Kier molecular flexibility index (Phi) is 7.29. The van der Waals surface area contributed by atoms with Gasteiger partial charge in [0.1, 0.15) is 5.69 Å². The van der Waals surface area contributed by atoms with Gasteiger partial charge in [0, 0.05) is 24.0 Å². The molecule has 0 saturated carbocycles. The van der Waals surface area contributed by atoms with E-state index >= 15 is 0 Å². The Morgan fingerprint density at radius 1 is 1.12 bits per heavy atom. The molecule has 1 amide bonds. The van der Waals surface area contributed by atoms with Crippen LogP contribution in [-0.4, -0.2) is 33.2 Å². The summed E-state index contributed by atoms with van der Waals surface area (Å²) in [5.41, 5.74) is 3.01. The third-order valence-corrected chi connectivity index (χ3v) is 5.69. The Balaban J connectivity index is 1.41. The van der Waals surface area contributed by atoms with Crippen molar-refractivity contribution >= 4 is 46.6 Å². The summed E-state index contributed by atoms with van der Waals surface area (Å²) in [5.74, 6) is -1.16. The molecule has 0 spiro atoms. The minimum absolute atomic E-state index is 0.158. The van der Waals surface area contributed by atoms with Crippen LogP contribution in [0.4, 0.5) is 5.69 Å². The van der Waals surface area contributed by atoms with E-state index in [0.29, 0.717) is 12.2 Å². The lowest BCUT2D eigenvalue weighted by molar-refractivity contribution is -0.142. The molecule has 166 valence electrons. The molecule has 0 atom stereocenters. The molecule has 1 aromatic carbocycles. The van der Waals surface area contributed by atoms with E-state index in [-0.39, 0.29) is 5.15 Å². The summed E-state index contributed by atoms with van der Waals surface area (Å²) in [4.78, 5) is 29.1. The van der Waals surface area contributed by atoms with Gasteiger partial charge >= 0.3 is 5.97 Å². The first-order chi connectivity index (χ1) is 16.1. The first kappa shape index (κ1) is 22.4. The van der Waals surface area contributed by atoms with Gasteiger partial charge in [-0.15, -0.1) is 11.3 Å². The molecule has 0 saturated heterocycles. The standard InChI is InChI=1S/C24H19ClN4O3S/c25-24-19(8-4-12-26-24)27-21(30)16-32-22(31)11-10-18-15-29(14-17-6-2-1-3-7-17)28-23(18)20-9-5-13-33-20/h1-13,15H,14,16H2,(H,27,30)/b11-10+. The number of halogens is 1. The van der Waals surface area contributed by atoms with E-state index in [0.717, 1.165) is 21.7 Å². The van der Waals surface area contributed by atoms with E-state index in [9.17, 15) is 9.59 Å². The number of thiophene rings is 1. The molecule has 3 aromatic heterocycles. The molecular formula is C24H19ClN4O3S. The SMILES string of the molecule is O=C(COC(=O)/C=C/c1cn(Cc2ccccc2)nc1-c1cccs1)Nc1cccnc1Cl. The van der Waals surface area contributed by atoms with Gasteiger partial charge in [0.15, 0.2) is 11.8 Å². The number of aromatic nitrogens is 3. The maximum atomic E-state index is 12.2. The van der Waals surface area contributed by atoms with Crippen molar-refractivity contribution in [2.24, 2.45) is 0 Å². The van der Waals surface area contributed by atoms with Crippen LogP contribution in [-0.2, 0) is 20.9 Å². The number of rotatable bonds is 8. The summed E-state index contributed by atoms with van der Waals surface area (Å²) in [6.07, 6.45) is 6.31. The predicted octanol–water partition coefficient (Wildman–Crippen LogP) is 4.90. The Morgan fingerprint density at radius 2 is 1.97 bits per heavy atom. The highest BCUT2D eigenvalue weighted by Gasteiger charge is 2.12. The second kappa shape index (κ2) is 10.7. The molecule has 33 heavy (non-hydrogen) atoms. The fourth-order valence-corrected chi connectivity index (χ4v) is 3.92. The second-order valence-corrected chi connectivity index (χ2v) is 8.23. The van der Waals surface area contributed by atoms with E-state index in [1.807, 2.05) is 58.7 Å². The Hall–Kier alpha value is -3.75. The molecule has 0 fully saturated rings. The average Bonchev–Trinajstić information content (AvgIpc) is 3.48. The highest BCUT2D eigenvalue weighted by Crippen LogP contribution is 2.28. The van der Waals surface area contributed by atoms with Crippen molar-refractivity contribution in [2.75, 3.05) is 11.9 Å². The van der Waals surface area contributed by atoms with Gasteiger partial charge in [-0.2, -0.15) is 5.10 Å². The number of nitrogens with zero attached hydrogens (tertiary/aromatic N) is 3. The van der Waals surface area contributed by atoms with Gasteiger partial charge < -0.3 is 10.1 Å². The first-order valence-electron chi connectivity index (χ1n) is 9.99. The number of pyridine rings is 1. The molecule has 0 radical (unpaired) electrons. The summed E-state index contributed by atoms with van der Waals surface area (Å²) in [6, 6.07) is 17.2. The van der Waals surface area contributed by atoms with Gasteiger partial charge in [-0.1, -0.05) is 48.0 Å². The van der Waals surface area contributed by atoms with Crippen LogP contribution in [0.3, 0.4) is 0 Å². The molecule has 4 aromatic rings. The number of anilines is 1. The van der Waals surface area contributed by atoms with Crippen LogP contribution in [0.15, 0.2) is 78.4 Å². The summed E-state index contributed by atoms with van der Waals surface area (Å²) in [6.45, 7) is 0.161. The fraction of sp³-hybridized carbons (Fsp3) is 0.0833. The van der Waals surface area contributed by atoms with Crippen molar-refractivity contribution < 1.29 is 14.3 Å². The number of esters is 1. The number of benzene rings is 1. The number of carbonyl (C=O) groups is 2. The van der Waals surface area contributed by atoms with Gasteiger partial charge in [0.05, 0.1) is 17.1 Å². The third kappa shape index (κ3) is 6.15. The molecule has 0 unspecified atom stereocenters. The van der Waals surface area contributed by atoms with E-state index in [2.05, 4.69) is 10.3 Å². The number of amides is 1. The quantitative estimate of drug-likeness (QED) is 0.221. The van der Waals surface area contributed by atoms with E-state index in [4.69, 9.17) is 21.4 Å². The molecule has 0 aliphatic rings. The van der Waals surface area contributed by atoms with Crippen LogP contribution in [0, 0.1) is 0 Å². The maximum absolute atomic E-state index is 12.2. The zero-order valence-electron chi connectivity index (χ0n) is 17.3. The normalized spacial score (nSPS) is 10.9. The maximum Gasteiger partial charge on any atom is 0.331 e. The Labute approximate surface area is 199 Å². The number of hydrogen-bond donors (Lipinski definition) is 1. The Bertz CT molecular complexity index is 1270. The summed E-state index contributed by atoms with van der Waals surface area (Å²) >= 11 is 7.47. The largest absolute Gasteiger partial charge is 0.452 e. The number of hydrogen-bond acceptors (Lipinski definition) is 6. The van der Waals surface area contributed by atoms with Crippen LogP contribution >= 0.6 is 22.9 Å². The molecule has 7 nitrogen and oxygen atoms in total. The fourth-order valence-electron chi connectivity index (χ4n) is 3.02. The topological polar surface area (TPSA) is 86.1 Å². The lowest BCUT2D eigenvalue weighted by Crippen LogP contribution is -2.20. The van der Waals surface area contributed by atoms with E-state index in [1.165, 1.54) is 12.3 Å². The summed E-state index contributed by atoms with van der Waals surface area (Å²) < 4.78 is 6.88. The molecule has 9 heteroatoms. The molecule has 0 aliphatic carbocycles. The number of ether oxygens (including phenoxy) is 1. The van der Waals surface area contributed by atoms with Crippen molar-refractivity contribution in [3.8, 4) is 10.6 Å². The molecule has 4 rings (SSSR count). The van der Waals surface area contributed by atoms with E-state index in [1.54, 1.807) is 29.5 Å². The monoisotopic (exact) mass is 478 g/mol.